The summed E-state index contributed by atoms with van der Waals surface area (Å²) in [6.07, 6.45) is 0. The van der Waals surface area contributed by atoms with Crippen molar-refractivity contribution in [3.8, 4) is 55.6 Å². The Balaban J connectivity index is 1.16. The Morgan fingerprint density at radius 1 is 0.372 bits per heavy atom. The molecule has 0 unspecified atom stereocenters. The zero-order chi connectivity index (χ0) is 28.6. The molecule has 0 aliphatic carbocycles. The molecule has 0 radical (unpaired) electrons. The molecule has 0 fully saturated rings. The molecule has 0 saturated heterocycles. The van der Waals surface area contributed by atoms with Gasteiger partial charge in [0.05, 0.1) is 21.6 Å². The van der Waals surface area contributed by atoms with Gasteiger partial charge in [-0.3, -0.25) is 0 Å². The molecule has 2 aromatic heterocycles. The van der Waals surface area contributed by atoms with E-state index >= 15 is 0 Å². The second kappa shape index (κ2) is 10.8. The van der Waals surface area contributed by atoms with Crippen molar-refractivity contribution in [3.63, 3.8) is 0 Å². The van der Waals surface area contributed by atoms with E-state index in [0.717, 1.165) is 55.4 Å². The lowest BCUT2D eigenvalue weighted by molar-refractivity contribution is 1.18. The van der Waals surface area contributed by atoms with Gasteiger partial charge in [-0.05, 0) is 52.2 Å². The minimum atomic E-state index is 0.719. The smallest absolute Gasteiger partial charge is 0.160 e. The first kappa shape index (κ1) is 25.3. The van der Waals surface area contributed by atoms with Crippen LogP contribution in [-0.4, -0.2) is 15.0 Å². The number of fused-ring (bicyclic) bond motifs is 2. The lowest BCUT2D eigenvalue weighted by atomic mass is 9.99. The zero-order valence-electron chi connectivity index (χ0n) is 23.2. The molecule has 0 aliphatic rings. The van der Waals surface area contributed by atoms with Crippen LogP contribution < -0.4 is 0 Å². The maximum atomic E-state index is 5.01. The van der Waals surface area contributed by atoms with Crippen LogP contribution >= 0.6 is 11.3 Å². The summed E-state index contributed by atoms with van der Waals surface area (Å²) in [4.78, 5) is 14.9. The first-order chi connectivity index (χ1) is 21.3. The third-order valence-electron chi connectivity index (χ3n) is 7.71. The summed E-state index contributed by atoms with van der Waals surface area (Å²) in [6.45, 7) is 0. The minimum absolute atomic E-state index is 0.719. The van der Waals surface area contributed by atoms with Gasteiger partial charge in [0.2, 0.25) is 0 Å². The molecule has 2 heterocycles. The highest BCUT2D eigenvalue weighted by Crippen LogP contribution is 2.35. The molecular weight excluding hydrogens is 543 g/mol. The van der Waals surface area contributed by atoms with Gasteiger partial charge in [-0.1, -0.05) is 121 Å². The van der Waals surface area contributed by atoms with Crippen LogP contribution in [0.25, 0.3) is 76.6 Å². The van der Waals surface area contributed by atoms with Crippen LogP contribution in [0.4, 0.5) is 0 Å². The van der Waals surface area contributed by atoms with E-state index in [0.29, 0.717) is 0 Å². The van der Waals surface area contributed by atoms with Crippen molar-refractivity contribution in [2.75, 3.05) is 0 Å². The fourth-order valence-electron chi connectivity index (χ4n) is 5.46. The second-order valence-electron chi connectivity index (χ2n) is 10.5. The third-order valence-corrected chi connectivity index (χ3v) is 8.77. The van der Waals surface area contributed by atoms with Crippen LogP contribution in [0.2, 0.25) is 0 Å². The van der Waals surface area contributed by atoms with Crippen molar-refractivity contribution in [2.45, 2.75) is 0 Å². The molecule has 0 bridgehead atoms. The lowest BCUT2D eigenvalue weighted by Crippen LogP contribution is -1.96. The number of hydrogen-bond acceptors (Lipinski definition) is 4. The Labute approximate surface area is 253 Å². The van der Waals surface area contributed by atoms with Crippen LogP contribution in [-0.2, 0) is 0 Å². The van der Waals surface area contributed by atoms with E-state index in [1.54, 1.807) is 11.3 Å². The molecule has 0 spiro atoms. The van der Waals surface area contributed by atoms with Gasteiger partial charge >= 0.3 is 0 Å². The van der Waals surface area contributed by atoms with Gasteiger partial charge in [0.25, 0.3) is 0 Å². The van der Waals surface area contributed by atoms with Crippen LogP contribution in [0.1, 0.15) is 0 Å². The molecule has 6 aromatic carbocycles. The van der Waals surface area contributed by atoms with E-state index < -0.39 is 0 Å². The summed E-state index contributed by atoms with van der Waals surface area (Å²) in [6, 6.07) is 52.7. The topological polar surface area (TPSA) is 38.7 Å². The van der Waals surface area contributed by atoms with Gasteiger partial charge in [0.15, 0.2) is 5.82 Å². The van der Waals surface area contributed by atoms with Gasteiger partial charge < -0.3 is 0 Å². The van der Waals surface area contributed by atoms with Crippen LogP contribution in [0, 0.1) is 0 Å². The second-order valence-corrected chi connectivity index (χ2v) is 11.6. The molecule has 8 rings (SSSR count). The van der Waals surface area contributed by atoms with E-state index in [1.165, 1.54) is 21.2 Å². The Morgan fingerprint density at radius 2 is 0.884 bits per heavy atom. The average Bonchev–Trinajstić information content (AvgIpc) is 3.53. The third kappa shape index (κ3) is 4.99. The first-order valence-electron chi connectivity index (χ1n) is 14.3. The maximum Gasteiger partial charge on any atom is 0.160 e. The zero-order valence-corrected chi connectivity index (χ0v) is 24.0. The molecule has 0 N–H and O–H groups in total. The van der Waals surface area contributed by atoms with E-state index in [1.807, 2.05) is 42.5 Å². The summed E-state index contributed by atoms with van der Waals surface area (Å²) in [5, 5.41) is 3.38. The van der Waals surface area contributed by atoms with E-state index in [4.69, 9.17) is 15.0 Å². The van der Waals surface area contributed by atoms with Crippen LogP contribution in [0.5, 0.6) is 0 Å². The fourth-order valence-corrected chi connectivity index (χ4v) is 6.47. The molecule has 3 nitrogen and oxygen atoms in total. The standard InChI is InChI=1S/C39H25N3S/c1-4-10-26(11-5-1)35-25-36(27-12-6-2-7-13-27)41-38(40-35)33-19-18-29-22-30(16-17-31(29)23-33)32-20-21-34-37(24-32)43-39(42-34)28-14-8-3-9-15-28/h1-25H. The van der Waals surface area contributed by atoms with E-state index in [9.17, 15) is 0 Å². The van der Waals surface area contributed by atoms with E-state index in [-0.39, 0.29) is 0 Å². The molecule has 0 atom stereocenters. The monoisotopic (exact) mass is 567 g/mol. The number of thiazole rings is 1. The largest absolute Gasteiger partial charge is 0.236 e. The molecule has 0 aliphatic heterocycles. The molecule has 43 heavy (non-hydrogen) atoms. The summed E-state index contributed by atoms with van der Waals surface area (Å²) in [5.74, 6) is 0.719. The number of nitrogens with zero attached hydrogens (tertiary/aromatic N) is 3. The normalized spacial score (nSPS) is 11.3. The Bertz CT molecular complexity index is 2170. The van der Waals surface area contributed by atoms with Gasteiger partial charge in [0, 0.05) is 22.3 Å². The van der Waals surface area contributed by atoms with Gasteiger partial charge in [-0.25, -0.2) is 15.0 Å². The molecule has 4 heteroatoms. The maximum absolute atomic E-state index is 5.01. The summed E-state index contributed by atoms with van der Waals surface area (Å²) in [5.41, 5.74) is 9.52. The van der Waals surface area contributed by atoms with Crippen LogP contribution in [0.15, 0.2) is 152 Å². The molecule has 0 amide bonds. The highest BCUT2D eigenvalue weighted by molar-refractivity contribution is 7.21. The number of hydrogen-bond donors (Lipinski definition) is 0. The van der Waals surface area contributed by atoms with Crippen molar-refractivity contribution in [2.24, 2.45) is 0 Å². The van der Waals surface area contributed by atoms with Crippen molar-refractivity contribution in [1.29, 1.82) is 0 Å². The Kier molecular flexibility index (Phi) is 6.32. The lowest BCUT2D eigenvalue weighted by Gasteiger charge is -2.10. The Hall–Kier alpha value is -5.45. The number of benzene rings is 6. The Morgan fingerprint density at radius 3 is 1.51 bits per heavy atom. The summed E-state index contributed by atoms with van der Waals surface area (Å²) in [7, 11) is 0. The van der Waals surface area contributed by atoms with Crippen LogP contribution in [0.3, 0.4) is 0 Å². The van der Waals surface area contributed by atoms with Gasteiger partial charge in [0.1, 0.15) is 5.01 Å². The average molecular weight is 568 g/mol. The highest BCUT2D eigenvalue weighted by Gasteiger charge is 2.12. The highest BCUT2D eigenvalue weighted by atomic mass is 32.1. The fraction of sp³-hybridized carbons (Fsp3) is 0. The first-order valence-corrected chi connectivity index (χ1v) is 15.1. The van der Waals surface area contributed by atoms with E-state index in [2.05, 4.69) is 109 Å². The minimum Gasteiger partial charge on any atom is -0.236 e. The molecule has 202 valence electrons. The quantitative estimate of drug-likeness (QED) is 0.208. The SMILES string of the molecule is c1ccc(-c2cc(-c3ccccc3)nc(-c3ccc4cc(-c5ccc6nc(-c7ccccc7)sc6c5)ccc4c3)n2)cc1. The van der Waals surface area contributed by atoms with Gasteiger partial charge in [-0.15, -0.1) is 11.3 Å². The summed E-state index contributed by atoms with van der Waals surface area (Å²) >= 11 is 1.74. The number of rotatable bonds is 5. The van der Waals surface area contributed by atoms with Crippen molar-refractivity contribution < 1.29 is 0 Å². The molecule has 8 aromatic rings. The van der Waals surface area contributed by atoms with Crippen molar-refractivity contribution in [1.82, 2.24) is 15.0 Å². The predicted octanol–water partition coefficient (Wildman–Crippen LogP) is 10.6. The number of aromatic nitrogens is 3. The molecule has 0 saturated carbocycles. The predicted molar refractivity (Wildman–Crippen MR) is 180 cm³/mol. The summed E-state index contributed by atoms with van der Waals surface area (Å²) < 4.78 is 1.19. The van der Waals surface area contributed by atoms with Crippen molar-refractivity contribution >= 4 is 32.3 Å². The van der Waals surface area contributed by atoms with Crippen molar-refractivity contribution in [3.05, 3.63) is 152 Å². The molecular formula is C39H25N3S. The van der Waals surface area contributed by atoms with Gasteiger partial charge in [-0.2, -0.15) is 0 Å².